The number of nitrogens with zero attached hydrogens (tertiary/aromatic N) is 3. The van der Waals surface area contributed by atoms with Gasteiger partial charge in [0.15, 0.2) is 0 Å². The first kappa shape index (κ1) is 22.5. The van der Waals surface area contributed by atoms with Crippen molar-refractivity contribution in [3.05, 3.63) is 0 Å². The van der Waals surface area contributed by atoms with Gasteiger partial charge in [-0.05, 0) is 106 Å². The molecular formula is C24H48N4. The zero-order chi connectivity index (χ0) is 20.4. The number of rotatable bonds is 4. The average Bonchev–Trinajstić information content (AvgIpc) is 2.61. The molecule has 0 aromatic rings. The number of nitrogens with one attached hydrogen (secondary N) is 1. The summed E-state index contributed by atoms with van der Waals surface area (Å²) in [5, 5.41) is 3.84. The molecule has 0 bridgehead atoms. The fourth-order valence-electron chi connectivity index (χ4n) is 5.72. The van der Waals surface area contributed by atoms with E-state index in [1.54, 1.807) is 0 Å². The van der Waals surface area contributed by atoms with Crippen LogP contribution in [0.3, 0.4) is 0 Å². The van der Waals surface area contributed by atoms with E-state index in [0.717, 1.165) is 12.0 Å². The van der Waals surface area contributed by atoms with Gasteiger partial charge in [0.05, 0.1) is 0 Å². The molecule has 0 amide bonds. The average molecular weight is 393 g/mol. The Morgan fingerprint density at radius 3 is 2.00 bits per heavy atom. The normalized spacial score (nSPS) is 28.7. The Bertz CT molecular complexity index is 462. The maximum absolute atomic E-state index is 3.84. The zero-order valence-corrected chi connectivity index (χ0v) is 19.8. The van der Waals surface area contributed by atoms with E-state index in [9.17, 15) is 0 Å². The Morgan fingerprint density at radius 2 is 1.43 bits per heavy atom. The zero-order valence-electron chi connectivity index (χ0n) is 19.8. The largest absolute Gasteiger partial charge is 0.308 e. The monoisotopic (exact) mass is 392 g/mol. The molecule has 3 aliphatic rings. The van der Waals surface area contributed by atoms with Gasteiger partial charge in [-0.1, -0.05) is 0 Å². The molecule has 3 aliphatic heterocycles. The lowest BCUT2D eigenvalue weighted by Gasteiger charge is -2.46. The van der Waals surface area contributed by atoms with Crippen LogP contribution in [0.15, 0.2) is 0 Å². The molecule has 0 unspecified atom stereocenters. The fourth-order valence-corrected chi connectivity index (χ4v) is 5.72. The van der Waals surface area contributed by atoms with Crippen molar-refractivity contribution in [3.8, 4) is 0 Å². The highest BCUT2D eigenvalue weighted by Gasteiger charge is 2.32. The predicted octanol–water partition coefficient (Wildman–Crippen LogP) is 3.81. The van der Waals surface area contributed by atoms with Crippen LogP contribution in [0.5, 0.6) is 0 Å². The molecule has 0 spiro atoms. The van der Waals surface area contributed by atoms with E-state index in [4.69, 9.17) is 0 Å². The lowest BCUT2D eigenvalue weighted by Crippen LogP contribution is -2.54. The Labute approximate surface area is 175 Å². The molecule has 3 rings (SSSR count). The number of likely N-dealkylation sites (tertiary alicyclic amines) is 3. The molecule has 164 valence electrons. The summed E-state index contributed by atoms with van der Waals surface area (Å²) in [7, 11) is 0. The molecule has 0 radical (unpaired) electrons. The van der Waals surface area contributed by atoms with Gasteiger partial charge < -0.3 is 15.1 Å². The van der Waals surface area contributed by atoms with Gasteiger partial charge in [0.1, 0.15) is 0 Å². The van der Waals surface area contributed by atoms with E-state index in [2.05, 4.69) is 61.6 Å². The topological polar surface area (TPSA) is 21.8 Å². The second-order valence-corrected chi connectivity index (χ2v) is 11.9. The van der Waals surface area contributed by atoms with Crippen LogP contribution >= 0.6 is 0 Å². The predicted molar refractivity (Wildman–Crippen MR) is 121 cm³/mol. The Morgan fingerprint density at radius 1 is 0.786 bits per heavy atom. The lowest BCUT2D eigenvalue weighted by molar-refractivity contribution is 0.0360. The first-order valence-electron chi connectivity index (χ1n) is 12.1. The highest BCUT2D eigenvalue weighted by atomic mass is 15.2. The molecule has 0 aromatic heterocycles. The minimum absolute atomic E-state index is 0.238. The smallest absolute Gasteiger partial charge is 0.0200 e. The molecule has 0 saturated carbocycles. The molecule has 28 heavy (non-hydrogen) atoms. The Balaban J connectivity index is 1.38. The molecule has 0 aliphatic carbocycles. The van der Waals surface area contributed by atoms with Gasteiger partial charge in [-0.2, -0.15) is 0 Å². The summed E-state index contributed by atoms with van der Waals surface area (Å²) in [6.07, 6.45) is 8.27. The summed E-state index contributed by atoms with van der Waals surface area (Å²) in [4.78, 5) is 8.26. The van der Waals surface area contributed by atoms with E-state index in [1.165, 1.54) is 84.3 Å². The van der Waals surface area contributed by atoms with Crippen LogP contribution in [0, 0.1) is 5.92 Å². The van der Waals surface area contributed by atoms with Gasteiger partial charge >= 0.3 is 0 Å². The molecule has 3 fully saturated rings. The molecule has 4 heteroatoms. The highest BCUT2D eigenvalue weighted by Crippen LogP contribution is 2.27. The van der Waals surface area contributed by atoms with E-state index < -0.39 is 0 Å². The summed E-state index contributed by atoms with van der Waals surface area (Å²) in [6, 6.07) is 1.52. The Kier molecular flexibility index (Phi) is 7.50. The summed E-state index contributed by atoms with van der Waals surface area (Å²) >= 11 is 0. The summed E-state index contributed by atoms with van der Waals surface area (Å²) in [5.41, 5.74) is 0.577. The van der Waals surface area contributed by atoms with Crippen LogP contribution in [0.25, 0.3) is 0 Å². The Hall–Kier alpha value is -0.160. The lowest BCUT2D eigenvalue weighted by atomic mass is 9.91. The van der Waals surface area contributed by atoms with Crippen LogP contribution in [0.2, 0.25) is 0 Å². The van der Waals surface area contributed by atoms with E-state index in [1.807, 2.05) is 0 Å². The van der Waals surface area contributed by atoms with Crippen molar-refractivity contribution in [2.75, 3.05) is 45.8 Å². The second kappa shape index (κ2) is 9.32. The maximum Gasteiger partial charge on any atom is 0.0200 e. The third kappa shape index (κ3) is 6.68. The van der Waals surface area contributed by atoms with E-state index >= 15 is 0 Å². The molecule has 4 nitrogen and oxygen atoms in total. The van der Waals surface area contributed by atoms with Crippen molar-refractivity contribution in [1.82, 2.24) is 20.0 Å². The second-order valence-electron chi connectivity index (χ2n) is 11.9. The van der Waals surface area contributed by atoms with Gasteiger partial charge in [0, 0.05) is 49.3 Å². The first-order valence-corrected chi connectivity index (χ1v) is 12.1. The minimum atomic E-state index is 0.238. The third-order valence-corrected chi connectivity index (χ3v) is 7.24. The summed E-state index contributed by atoms with van der Waals surface area (Å²) in [6.45, 7) is 23.1. The van der Waals surface area contributed by atoms with Crippen molar-refractivity contribution in [2.45, 2.75) is 103 Å². The van der Waals surface area contributed by atoms with Gasteiger partial charge in [-0.3, -0.25) is 4.90 Å². The van der Waals surface area contributed by atoms with Crippen molar-refractivity contribution >= 4 is 0 Å². The van der Waals surface area contributed by atoms with Crippen molar-refractivity contribution < 1.29 is 0 Å². The van der Waals surface area contributed by atoms with Gasteiger partial charge in [0.2, 0.25) is 0 Å². The van der Waals surface area contributed by atoms with E-state index in [-0.39, 0.29) is 5.54 Å². The summed E-state index contributed by atoms with van der Waals surface area (Å²) in [5.74, 6) is 0.916. The molecule has 0 aromatic carbocycles. The third-order valence-electron chi connectivity index (χ3n) is 7.24. The van der Waals surface area contributed by atoms with Crippen LogP contribution < -0.4 is 5.32 Å². The highest BCUT2D eigenvalue weighted by molar-refractivity contribution is 4.89. The molecule has 1 atom stereocenters. The minimum Gasteiger partial charge on any atom is -0.308 e. The molecular weight excluding hydrogens is 344 g/mol. The first-order chi connectivity index (χ1) is 13.1. The van der Waals surface area contributed by atoms with Crippen LogP contribution in [0.4, 0.5) is 0 Å². The maximum atomic E-state index is 3.84. The summed E-state index contributed by atoms with van der Waals surface area (Å²) < 4.78 is 0. The van der Waals surface area contributed by atoms with Crippen molar-refractivity contribution in [2.24, 2.45) is 5.92 Å². The SMILES string of the molecule is CC(C)(C)N[C@@H]1CCCN(CC2CCN(C3CCN(C(C)(C)C)CC3)CC2)C1. The molecule has 1 N–H and O–H groups in total. The standard InChI is InChI=1S/C24H48N4/c1-23(2,3)25-21-8-7-13-26(19-21)18-20-9-14-27(15-10-20)22-11-16-28(17-12-22)24(4,5)6/h20-22,25H,7-19H2,1-6H3/t21-/m1/s1. The molecule has 3 heterocycles. The van der Waals surface area contributed by atoms with Crippen molar-refractivity contribution in [3.63, 3.8) is 0 Å². The van der Waals surface area contributed by atoms with Gasteiger partial charge in [0.25, 0.3) is 0 Å². The quantitative estimate of drug-likeness (QED) is 0.785. The number of hydrogen-bond donors (Lipinski definition) is 1. The van der Waals surface area contributed by atoms with Crippen molar-refractivity contribution in [1.29, 1.82) is 0 Å². The fraction of sp³-hybridized carbons (Fsp3) is 1.00. The molecule has 3 saturated heterocycles. The van der Waals surface area contributed by atoms with Crippen LogP contribution in [-0.2, 0) is 0 Å². The van der Waals surface area contributed by atoms with Crippen LogP contribution in [0.1, 0.15) is 80.1 Å². The van der Waals surface area contributed by atoms with Gasteiger partial charge in [-0.25, -0.2) is 0 Å². The van der Waals surface area contributed by atoms with E-state index in [0.29, 0.717) is 11.6 Å². The van der Waals surface area contributed by atoms with Gasteiger partial charge in [-0.15, -0.1) is 0 Å². The number of hydrogen-bond acceptors (Lipinski definition) is 4. The van der Waals surface area contributed by atoms with Crippen LogP contribution in [-0.4, -0.2) is 83.7 Å². The number of piperidine rings is 3.